The summed E-state index contributed by atoms with van der Waals surface area (Å²) in [5, 5.41) is 0. The van der Waals surface area contributed by atoms with Gasteiger partial charge in [0.05, 0.1) is 0 Å². The highest BCUT2D eigenvalue weighted by molar-refractivity contribution is 5.91. The van der Waals surface area contributed by atoms with Gasteiger partial charge in [-0.15, -0.1) is 0 Å². The molecule has 0 radical (unpaired) electrons. The van der Waals surface area contributed by atoms with Crippen LogP contribution in [-0.2, 0) is 11.2 Å². The maximum absolute atomic E-state index is 11.2. The Labute approximate surface area is 147 Å². The molecule has 24 heavy (non-hydrogen) atoms. The summed E-state index contributed by atoms with van der Waals surface area (Å²) in [5.74, 6) is 0.199. The van der Waals surface area contributed by atoms with Crippen LogP contribution in [-0.4, -0.2) is 19.0 Å². The van der Waals surface area contributed by atoms with E-state index in [1.807, 2.05) is 6.08 Å². The Bertz CT molecular complexity index is 550. The third-order valence-electron chi connectivity index (χ3n) is 4.06. The standard InChI is InChI=1S/C21H34N2O/c1-16(2)15-23(14-12-17(3)20(22)24)19-9-7-18(8-10-19)11-13-21(4,5)6/h7-10,12,16H,11,13-15H2,1-6H3,(H2,22,24). The molecule has 0 atom stereocenters. The lowest BCUT2D eigenvalue weighted by Crippen LogP contribution is -2.28. The predicted molar refractivity (Wildman–Crippen MR) is 104 cm³/mol. The molecule has 0 aliphatic carbocycles. The quantitative estimate of drug-likeness (QED) is 0.710. The van der Waals surface area contributed by atoms with E-state index >= 15 is 0 Å². The minimum Gasteiger partial charge on any atom is -0.368 e. The summed E-state index contributed by atoms with van der Waals surface area (Å²) in [6.45, 7) is 14.7. The van der Waals surface area contributed by atoms with E-state index in [1.54, 1.807) is 6.92 Å². The Morgan fingerprint density at radius 1 is 1.21 bits per heavy atom. The molecule has 1 rings (SSSR count). The highest BCUT2D eigenvalue weighted by Crippen LogP contribution is 2.23. The number of rotatable bonds is 8. The van der Waals surface area contributed by atoms with Crippen LogP contribution in [0.1, 0.15) is 53.5 Å². The molecule has 0 heterocycles. The van der Waals surface area contributed by atoms with Gasteiger partial charge in [-0.2, -0.15) is 0 Å². The van der Waals surface area contributed by atoms with Gasteiger partial charge >= 0.3 is 0 Å². The van der Waals surface area contributed by atoms with Crippen LogP contribution in [0.2, 0.25) is 0 Å². The SMILES string of the molecule is CC(=CCN(CC(C)C)c1ccc(CCC(C)(C)C)cc1)C(N)=O. The smallest absolute Gasteiger partial charge is 0.244 e. The summed E-state index contributed by atoms with van der Waals surface area (Å²) >= 11 is 0. The molecule has 3 heteroatoms. The van der Waals surface area contributed by atoms with Crippen LogP contribution in [0.25, 0.3) is 0 Å². The lowest BCUT2D eigenvalue weighted by atomic mass is 9.89. The number of amides is 1. The normalized spacial score (nSPS) is 12.5. The molecule has 0 bridgehead atoms. The largest absolute Gasteiger partial charge is 0.368 e. The number of hydrogen-bond acceptors (Lipinski definition) is 2. The third-order valence-corrected chi connectivity index (χ3v) is 4.06. The number of carbonyl (C=O) groups is 1. The van der Waals surface area contributed by atoms with Crippen LogP contribution >= 0.6 is 0 Å². The number of nitrogens with two attached hydrogens (primary N) is 1. The van der Waals surface area contributed by atoms with Crippen LogP contribution in [0.15, 0.2) is 35.9 Å². The van der Waals surface area contributed by atoms with Gasteiger partial charge in [-0.1, -0.05) is 52.8 Å². The lowest BCUT2D eigenvalue weighted by Gasteiger charge is -2.26. The van der Waals surface area contributed by atoms with E-state index < -0.39 is 0 Å². The highest BCUT2D eigenvalue weighted by Gasteiger charge is 2.11. The molecule has 1 amide bonds. The van der Waals surface area contributed by atoms with Crippen molar-refractivity contribution in [1.82, 2.24) is 0 Å². The van der Waals surface area contributed by atoms with Crippen LogP contribution in [0.3, 0.4) is 0 Å². The van der Waals surface area contributed by atoms with Crippen molar-refractivity contribution in [3.05, 3.63) is 41.5 Å². The van der Waals surface area contributed by atoms with Gasteiger partial charge in [0, 0.05) is 24.4 Å². The second-order valence-corrected chi connectivity index (χ2v) is 8.28. The zero-order valence-electron chi connectivity index (χ0n) is 16.2. The van der Waals surface area contributed by atoms with E-state index in [1.165, 1.54) is 17.7 Å². The Kier molecular flexibility index (Phi) is 7.53. The van der Waals surface area contributed by atoms with Crippen molar-refractivity contribution in [2.45, 2.75) is 54.4 Å². The second kappa shape index (κ2) is 8.91. The fourth-order valence-electron chi connectivity index (χ4n) is 2.47. The minimum atomic E-state index is -0.350. The summed E-state index contributed by atoms with van der Waals surface area (Å²) in [7, 11) is 0. The molecular formula is C21H34N2O. The van der Waals surface area contributed by atoms with E-state index in [4.69, 9.17) is 5.73 Å². The molecule has 1 aromatic carbocycles. The molecule has 0 spiro atoms. The van der Waals surface area contributed by atoms with Gasteiger partial charge in [0.1, 0.15) is 0 Å². The van der Waals surface area contributed by atoms with Crippen LogP contribution in [0.5, 0.6) is 0 Å². The van der Waals surface area contributed by atoms with Gasteiger partial charge in [0.2, 0.25) is 5.91 Å². The zero-order valence-corrected chi connectivity index (χ0v) is 16.2. The molecule has 3 nitrogen and oxygen atoms in total. The first-order chi connectivity index (χ1) is 11.1. The summed E-state index contributed by atoms with van der Waals surface area (Å²) in [5.41, 5.74) is 8.87. The number of anilines is 1. The second-order valence-electron chi connectivity index (χ2n) is 8.28. The summed E-state index contributed by atoms with van der Waals surface area (Å²) < 4.78 is 0. The van der Waals surface area contributed by atoms with Crippen LogP contribution in [0.4, 0.5) is 5.69 Å². The van der Waals surface area contributed by atoms with E-state index in [9.17, 15) is 4.79 Å². The van der Waals surface area contributed by atoms with Gasteiger partial charge < -0.3 is 10.6 Å². The average Bonchev–Trinajstić information content (AvgIpc) is 2.48. The molecule has 134 valence electrons. The van der Waals surface area contributed by atoms with Gasteiger partial charge in [-0.3, -0.25) is 4.79 Å². The van der Waals surface area contributed by atoms with E-state index in [2.05, 4.69) is 63.8 Å². The number of aryl methyl sites for hydroxylation is 1. The number of carbonyl (C=O) groups excluding carboxylic acids is 1. The summed E-state index contributed by atoms with van der Waals surface area (Å²) in [6.07, 6.45) is 4.20. The Balaban J connectivity index is 2.83. The van der Waals surface area contributed by atoms with E-state index in [0.717, 1.165) is 13.0 Å². The van der Waals surface area contributed by atoms with Gasteiger partial charge in [-0.05, 0) is 48.8 Å². The monoisotopic (exact) mass is 330 g/mol. The average molecular weight is 331 g/mol. The third kappa shape index (κ3) is 7.67. The molecule has 0 saturated heterocycles. The van der Waals surface area contributed by atoms with Crippen molar-refractivity contribution in [3.8, 4) is 0 Å². The first-order valence-corrected chi connectivity index (χ1v) is 8.89. The molecule has 0 unspecified atom stereocenters. The number of hydrogen-bond donors (Lipinski definition) is 1. The summed E-state index contributed by atoms with van der Waals surface area (Å²) in [4.78, 5) is 13.5. The van der Waals surface area contributed by atoms with Gasteiger partial charge in [-0.25, -0.2) is 0 Å². The molecule has 0 fully saturated rings. The van der Waals surface area contributed by atoms with Crippen molar-refractivity contribution >= 4 is 11.6 Å². The van der Waals surface area contributed by atoms with E-state index in [0.29, 0.717) is 23.5 Å². The fraction of sp³-hybridized carbons (Fsp3) is 0.571. The molecule has 1 aromatic rings. The van der Waals surface area contributed by atoms with Crippen molar-refractivity contribution in [3.63, 3.8) is 0 Å². The first-order valence-electron chi connectivity index (χ1n) is 8.89. The Morgan fingerprint density at radius 3 is 2.25 bits per heavy atom. The Morgan fingerprint density at radius 2 is 1.79 bits per heavy atom. The highest BCUT2D eigenvalue weighted by atomic mass is 16.1. The van der Waals surface area contributed by atoms with Crippen LogP contribution in [0, 0.1) is 11.3 Å². The first kappa shape index (κ1) is 20.3. The molecule has 0 aliphatic heterocycles. The van der Waals surface area contributed by atoms with Gasteiger partial charge in [0.15, 0.2) is 0 Å². The van der Waals surface area contributed by atoms with Crippen molar-refractivity contribution < 1.29 is 4.79 Å². The maximum atomic E-state index is 11.2. The summed E-state index contributed by atoms with van der Waals surface area (Å²) in [6, 6.07) is 8.82. The lowest BCUT2D eigenvalue weighted by molar-refractivity contribution is -0.114. The maximum Gasteiger partial charge on any atom is 0.244 e. The van der Waals surface area contributed by atoms with Crippen molar-refractivity contribution in [1.29, 1.82) is 0 Å². The minimum absolute atomic E-state index is 0.350. The molecule has 0 aromatic heterocycles. The topological polar surface area (TPSA) is 46.3 Å². The molecule has 0 aliphatic rings. The van der Waals surface area contributed by atoms with Crippen LogP contribution < -0.4 is 10.6 Å². The van der Waals surface area contributed by atoms with Crippen molar-refractivity contribution in [2.24, 2.45) is 17.1 Å². The van der Waals surface area contributed by atoms with E-state index in [-0.39, 0.29) is 5.91 Å². The molecular weight excluding hydrogens is 296 g/mol. The number of primary amides is 1. The molecule has 2 N–H and O–H groups in total. The van der Waals surface area contributed by atoms with Gasteiger partial charge in [0.25, 0.3) is 0 Å². The Hall–Kier alpha value is -1.77. The van der Waals surface area contributed by atoms with Crippen molar-refractivity contribution in [2.75, 3.05) is 18.0 Å². The molecule has 0 saturated carbocycles. The predicted octanol–water partition coefficient (Wildman–Crippen LogP) is 4.56. The number of nitrogens with zero attached hydrogens (tertiary/aromatic N) is 1. The fourth-order valence-corrected chi connectivity index (χ4v) is 2.47. The number of benzene rings is 1. The zero-order chi connectivity index (χ0) is 18.3.